The fourth-order valence-corrected chi connectivity index (χ4v) is 2.45. The van der Waals surface area contributed by atoms with Crippen LogP contribution in [0.25, 0.3) is 0 Å². The molecule has 2 nitrogen and oxygen atoms in total. The largest absolute Gasteiger partial charge is 0.401 e. The van der Waals surface area contributed by atoms with E-state index in [1.165, 1.54) is 11.9 Å². The number of nitrogens with zero attached hydrogens (tertiary/aromatic N) is 1. The van der Waals surface area contributed by atoms with Crippen LogP contribution in [-0.2, 0) is 5.41 Å². The van der Waals surface area contributed by atoms with Crippen LogP contribution in [0.1, 0.15) is 19.4 Å². The number of likely N-dealkylation sites (N-methyl/N-ethyl adjacent to an activating group) is 2. The van der Waals surface area contributed by atoms with Gasteiger partial charge < -0.3 is 5.32 Å². The van der Waals surface area contributed by atoms with Gasteiger partial charge in [-0.2, -0.15) is 13.2 Å². The minimum Gasteiger partial charge on any atom is -0.316 e. The Morgan fingerprint density at radius 2 is 1.70 bits per heavy atom. The monoisotopic (exact) mass is 288 g/mol. The molecular weight excluding hydrogens is 265 g/mol. The number of nitrogens with one attached hydrogen (secondary N) is 1. The molecule has 0 heterocycles. The second-order valence-electron chi connectivity index (χ2n) is 5.49. The normalized spacial score (nSPS) is 15.3. The van der Waals surface area contributed by atoms with Crippen molar-refractivity contribution in [1.29, 1.82) is 0 Å². The first kappa shape index (κ1) is 17.0. The van der Waals surface area contributed by atoms with E-state index in [0.717, 1.165) is 12.1 Å². The molecule has 1 atom stereocenters. The highest BCUT2D eigenvalue weighted by molar-refractivity contribution is 5.25. The van der Waals surface area contributed by atoms with Crippen molar-refractivity contribution in [2.45, 2.75) is 25.4 Å². The average molecular weight is 288 g/mol. The average Bonchev–Trinajstić information content (AvgIpc) is 2.35. The Kier molecular flexibility index (Phi) is 6.02. The lowest BCUT2D eigenvalue weighted by atomic mass is 9.81. The zero-order valence-corrected chi connectivity index (χ0v) is 12.3. The molecule has 0 saturated carbocycles. The number of benzene rings is 1. The highest BCUT2D eigenvalue weighted by Gasteiger charge is 2.33. The van der Waals surface area contributed by atoms with Crippen LogP contribution in [0.2, 0.25) is 0 Å². The molecule has 0 fully saturated rings. The Bertz CT molecular complexity index is 392. The predicted molar refractivity (Wildman–Crippen MR) is 75.9 cm³/mol. The summed E-state index contributed by atoms with van der Waals surface area (Å²) in [6.45, 7) is 4.90. The lowest BCUT2D eigenvalue weighted by Crippen LogP contribution is -2.46. The number of hydrogen-bond donors (Lipinski definition) is 1. The van der Waals surface area contributed by atoms with Gasteiger partial charge in [-0.3, -0.25) is 4.90 Å². The Morgan fingerprint density at radius 3 is 2.20 bits per heavy atom. The summed E-state index contributed by atoms with van der Waals surface area (Å²) >= 11 is 0. The summed E-state index contributed by atoms with van der Waals surface area (Å²) in [5, 5.41) is 3.25. The standard InChI is InChI=1S/C15H23F3N2/c1-4-19-10-14(2,13-8-6-5-7-9-13)11-20(3)12-15(16,17)18/h5-9,19H,4,10-12H2,1-3H3. The fourth-order valence-electron chi connectivity index (χ4n) is 2.45. The van der Waals surface area contributed by atoms with Crippen LogP contribution in [0, 0.1) is 0 Å². The van der Waals surface area contributed by atoms with Crippen LogP contribution in [0.15, 0.2) is 30.3 Å². The molecule has 0 aliphatic heterocycles. The molecule has 0 bridgehead atoms. The Balaban J connectivity index is 2.84. The zero-order valence-electron chi connectivity index (χ0n) is 12.3. The summed E-state index contributed by atoms with van der Waals surface area (Å²) in [5.74, 6) is 0. The maximum atomic E-state index is 12.5. The van der Waals surface area contributed by atoms with Gasteiger partial charge in [0.1, 0.15) is 0 Å². The van der Waals surface area contributed by atoms with E-state index in [4.69, 9.17) is 0 Å². The molecule has 0 aliphatic carbocycles. The molecular formula is C15H23F3N2. The van der Waals surface area contributed by atoms with Crippen molar-refractivity contribution in [3.63, 3.8) is 0 Å². The first-order valence-corrected chi connectivity index (χ1v) is 6.78. The number of halogens is 3. The van der Waals surface area contributed by atoms with Crippen LogP contribution >= 0.6 is 0 Å². The maximum absolute atomic E-state index is 12.5. The molecule has 114 valence electrons. The van der Waals surface area contributed by atoms with Crippen molar-refractivity contribution in [2.75, 3.05) is 33.2 Å². The summed E-state index contributed by atoms with van der Waals surface area (Å²) in [6, 6.07) is 9.70. The first-order chi connectivity index (χ1) is 9.27. The van der Waals surface area contributed by atoms with E-state index < -0.39 is 12.7 Å². The first-order valence-electron chi connectivity index (χ1n) is 6.78. The highest BCUT2D eigenvalue weighted by atomic mass is 19.4. The topological polar surface area (TPSA) is 15.3 Å². The van der Waals surface area contributed by atoms with E-state index in [-0.39, 0.29) is 5.41 Å². The quantitative estimate of drug-likeness (QED) is 0.829. The summed E-state index contributed by atoms with van der Waals surface area (Å²) < 4.78 is 37.4. The number of alkyl halides is 3. The second kappa shape index (κ2) is 7.09. The van der Waals surface area contributed by atoms with Gasteiger partial charge in [-0.05, 0) is 19.2 Å². The third kappa shape index (κ3) is 5.51. The lowest BCUT2D eigenvalue weighted by Gasteiger charge is -2.35. The van der Waals surface area contributed by atoms with Gasteiger partial charge in [0.2, 0.25) is 0 Å². The molecule has 0 saturated heterocycles. The molecule has 5 heteroatoms. The smallest absolute Gasteiger partial charge is 0.316 e. The molecule has 1 aromatic rings. The molecule has 1 unspecified atom stereocenters. The molecule has 0 aromatic heterocycles. The predicted octanol–water partition coefficient (Wildman–Crippen LogP) is 3.05. The molecule has 1 rings (SSSR count). The van der Waals surface area contributed by atoms with Crippen molar-refractivity contribution in [3.8, 4) is 0 Å². The molecule has 0 amide bonds. The highest BCUT2D eigenvalue weighted by Crippen LogP contribution is 2.25. The summed E-state index contributed by atoms with van der Waals surface area (Å²) in [4.78, 5) is 1.34. The molecule has 1 aromatic carbocycles. The van der Waals surface area contributed by atoms with Gasteiger partial charge in [-0.25, -0.2) is 0 Å². The van der Waals surface area contributed by atoms with Crippen LogP contribution in [0.3, 0.4) is 0 Å². The molecule has 20 heavy (non-hydrogen) atoms. The Labute approximate surface area is 119 Å². The van der Waals surface area contributed by atoms with E-state index in [1.807, 2.05) is 44.2 Å². The van der Waals surface area contributed by atoms with E-state index in [2.05, 4.69) is 5.32 Å². The SMILES string of the molecule is CCNCC(C)(CN(C)CC(F)(F)F)c1ccccc1. The minimum atomic E-state index is -4.16. The summed E-state index contributed by atoms with van der Waals surface area (Å²) in [5.41, 5.74) is 0.701. The Hall–Kier alpha value is -1.07. The van der Waals surface area contributed by atoms with E-state index in [9.17, 15) is 13.2 Å². The third-order valence-electron chi connectivity index (χ3n) is 3.30. The van der Waals surface area contributed by atoms with E-state index >= 15 is 0 Å². The molecule has 0 spiro atoms. The minimum absolute atomic E-state index is 0.350. The van der Waals surface area contributed by atoms with Gasteiger partial charge in [0.05, 0.1) is 6.54 Å². The van der Waals surface area contributed by atoms with Crippen molar-refractivity contribution in [1.82, 2.24) is 10.2 Å². The van der Waals surface area contributed by atoms with Crippen LogP contribution in [0.4, 0.5) is 13.2 Å². The van der Waals surface area contributed by atoms with Gasteiger partial charge in [-0.1, -0.05) is 44.2 Å². The van der Waals surface area contributed by atoms with Crippen molar-refractivity contribution >= 4 is 0 Å². The third-order valence-corrected chi connectivity index (χ3v) is 3.30. The molecule has 1 N–H and O–H groups in total. The van der Waals surface area contributed by atoms with Crippen LogP contribution in [-0.4, -0.2) is 44.3 Å². The summed E-state index contributed by atoms with van der Waals surface area (Å²) in [7, 11) is 1.51. The summed E-state index contributed by atoms with van der Waals surface area (Å²) in [6.07, 6.45) is -4.16. The van der Waals surface area contributed by atoms with Crippen molar-refractivity contribution < 1.29 is 13.2 Å². The number of rotatable bonds is 7. The maximum Gasteiger partial charge on any atom is 0.401 e. The zero-order chi connectivity index (χ0) is 15.2. The van der Waals surface area contributed by atoms with Crippen molar-refractivity contribution in [3.05, 3.63) is 35.9 Å². The van der Waals surface area contributed by atoms with Gasteiger partial charge in [0, 0.05) is 18.5 Å². The van der Waals surface area contributed by atoms with Gasteiger partial charge in [-0.15, -0.1) is 0 Å². The Morgan fingerprint density at radius 1 is 1.10 bits per heavy atom. The van der Waals surface area contributed by atoms with Gasteiger partial charge in [0.15, 0.2) is 0 Å². The molecule has 0 radical (unpaired) electrons. The van der Waals surface area contributed by atoms with Gasteiger partial charge >= 0.3 is 6.18 Å². The molecule has 0 aliphatic rings. The van der Waals surface area contributed by atoms with Crippen LogP contribution in [0.5, 0.6) is 0 Å². The van der Waals surface area contributed by atoms with E-state index in [1.54, 1.807) is 0 Å². The van der Waals surface area contributed by atoms with Gasteiger partial charge in [0.25, 0.3) is 0 Å². The second-order valence-corrected chi connectivity index (χ2v) is 5.49. The van der Waals surface area contributed by atoms with E-state index in [0.29, 0.717) is 13.1 Å². The van der Waals surface area contributed by atoms with Crippen LogP contribution < -0.4 is 5.32 Å². The lowest BCUT2D eigenvalue weighted by molar-refractivity contribution is -0.144. The fraction of sp³-hybridized carbons (Fsp3) is 0.600. The number of hydrogen-bond acceptors (Lipinski definition) is 2. The van der Waals surface area contributed by atoms with Crippen molar-refractivity contribution in [2.24, 2.45) is 0 Å².